The van der Waals surface area contributed by atoms with E-state index in [1.807, 2.05) is 30.3 Å². The van der Waals surface area contributed by atoms with Gasteiger partial charge in [0.2, 0.25) is 0 Å². The molecule has 1 saturated heterocycles. The molecule has 21 heavy (non-hydrogen) atoms. The highest BCUT2D eigenvalue weighted by molar-refractivity contribution is 6.31. The minimum absolute atomic E-state index is 0.242. The third-order valence-corrected chi connectivity index (χ3v) is 4.10. The highest BCUT2D eigenvalue weighted by atomic mass is 35.5. The number of imidazole rings is 1. The lowest BCUT2D eigenvalue weighted by Crippen LogP contribution is -2.15. The minimum Gasteiger partial charge on any atom is -0.461 e. The normalized spacial score (nSPS) is 18.6. The van der Waals surface area contributed by atoms with Crippen LogP contribution in [0.1, 0.15) is 12.8 Å². The van der Waals surface area contributed by atoms with Gasteiger partial charge in [0.25, 0.3) is 0 Å². The molecule has 5 heteroatoms. The maximum atomic E-state index is 6.08. The maximum Gasteiger partial charge on any atom is 0.177 e. The van der Waals surface area contributed by atoms with Crippen molar-refractivity contribution in [3.63, 3.8) is 0 Å². The molecular weight excluding hydrogens is 288 g/mol. The first-order valence-electron chi connectivity index (χ1n) is 7.12. The average Bonchev–Trinajstić information content (AvgIpc) is 3.19. The fourth-order valence-corrected chi connectivity index (χ4v) is 3.04. The van der Waals surface area contributed by atoms with Crippen molar-refractivity contribution in [3.8, 4) is 11.6 Å². The molecule has 108 valence electrons. The molecule has 4 rings (SSSR count). The fourth-order valence-electron chi connectivity index (χ4n) is 2.87. The zero-order valence-corrected chi connectivity index (χ0v) is 12.2. The second-order valence-corrected chi connectivity index (χ2v) is 5.73. The standard InChI is InChI=1S/C16H15ClN2O2/c17-11-5-6-14-13(9-11)18-16(15-4-2-8-21-15)19(14)10-12-3-1-7-20-12/h2,4-6,8-9,12H,1,3,7,10H2. The molecule has 0 aliphatic carbocycles. The Bertz CT molecular complexity index is 758. The van der Waals surface area contributed by atoms with Gasteiger partial charge in [0.05, 0.1) is 29.9 Å². The number of hydrogen-bond acceptors (Lipinski definition) is 3. The summed E-state index contributed by atoms with van der Waals surface area (Å²) in [5.41, 5.74) is 1.94. The minimum atomic E-state index is 0.242. The van der Waals surface area contributed by atoms with Gasteiger partial charge in [-0.25, -0.2) is 4.98 Å². The Balaban J connectivity index is 1.85. The third-order valence-electron chi connectivity index (χ3n) is 3.86. The Kier molecular flexibility index (Phi) is 3.20. The van der Waals surface area contributed by atoms with Gasteiger partial charge in [0, 0.05) is 11.6 Å². The second-order valence-electron chi connectivity index (χ2n) is 5.29. The molecule has 1 aliphatic rings. The van der Waals surface area contributed by atoms with Crippen LogP contribution in [0.2, 0.25) is 5.02 Å². The zero-order chi connectivity index (χ0) is 14.2. The van der Waals surface area contributed by atoms with Crippen LogP contribution in [0.4, 0.5) is 0 Å². The Labute approximate surface area is 127 Å². The molecule has 1 fully saturated rings. The molecule has 0 saturated carbocycles. The van der Waals surface area contributed by atoms with Crippen LogP contribution in [0.25, 0.3) is 22.6 Å². The monoisotopic (exact) mass is 302 g/mol. The summed E-state index contributed by atoms with van der Waals surface area (Å²) in [5.74, 6) is 1.59. The zero-order valence-electron chi connectivity index (χ0n) is 11.5. The van der Waals surface area contributed by atoms with E-state index in [9.17, 15) is 0 Å². The Morgan fingerprint density at radius 1 is 1.33 bits per heavy atom. The van der Waals surface area contributed by atoms with Crippen molar-refractivity contribution in [3.05, 3.63) is 41.6 Å². The van der Waals surface area contributed by atoms with E-state index in [1.54, 1.807) is 6.26 Å². The lowest BCUT2D eigenvalue weighted by atomic mass is 10.2. The van der Waals surface area contributed by atoms with Crippen molar-refractivity contribution in [2.75, 3.05) is 6.61 Å². The van der Waals surface area contributed by atoms with Crippen molar-refractivity contribution < 1.29 is 9.15 Å². The largest absolute Gasteiger partial charge is 0.461 e. The number of halogens is 1. The van der Waals surface area contributed by atoms with E-state index in [2.05, 4.69) is 9.55 Å². The van der Waals surface area contributed by atoms with Gasteiger partial charge in [-0.2, -0.15) is 0 Å². The van der Waals surface area contributed by atoms with Gasteiger partial charge in [0.1, 0.15) is 0 Å². The first kappa shape index (κ1) is 12.9. The number of ether oxygens (including phenoxy) is 1. The van der Waals surface area contributed by atoms with Gasteiger partial charge in [-0.05, 0) is 43.2 Å². The SMILES string of the molecule is Clc1ccc2c(c1)nc(-c1ccco1)n2CC1CCCO1. The van der Waals surface area contributed by atoms with Gasteiger partial charge in [-0.15, -0.1) is 0 Å². The third kappa shape index (κ3) is 2.34. The Hall–Kier alpha value is -1.78. The van der Waals surface area contributed by atoms with Crippen molar-refractivity contribution in [2.45, 2.75) is 25.5 Å². The maximum absolute atomic E-state index is 6.08. The summed E-state index contributed by atoms with van der Waals surface area (Å²) in [7, 11) is 0. The van der Waals surface area contributed by atoms with E-state index in [0.29, 0.717) is 5.02 Å². The molecule has 1 aromatic carbocycles. The highest BCUT2D eigenvalue weighted by Gasteiger charge is 2.21. The van der Waals surface area contributed by atoms with E-state index in [-0.39, 0.29) is 6.10 Å². The van der Waals surface area contributed by atoms with Gasteiger partial charge in [0.15, 0.2) is 11.6 Å². The molecule has 3 aromatic rings. The number of rotatable bonds is 3. The number of fused-ring (bicyclic) bond motifs is 1. The van der Waals surface area contributed by atoms with E-state index in [4.69, 9.17) is 20.8 Å². The van der Waals surface area contributed by atoms with E-state index in [0.717, 1.165) is 48.6 Å². The predicted molar refractivity (Wildman–Crippen MR) is 81.4 cm³/mol. The summed E-state index contributed by atoms with van der Waals surface area (Å²) in [6.45, 7) is 1.63. The first-order chi connectivity index (χ1) is 10.3. The van der Waals surface area contributed by atoms with Crippen molar-refractivity contribution in [1.82, 2.24) is 9.55 Å². The number of aromatic nitrogens is 2. The van der Waals surface area contributed by atoms with E-state index < -0.39 is 0 Å². The fraction of sp³-hybridized carbons (Fsp3) is 0.312. The lowest BCUT2D eigenvalue weighted by Gasteiger charge is -2.13. The molecule has 4 nitrogen and oxygen atoms in total. The van der Waals surface area contributed by atoms with Crippen LogP contribution in [0.15, 0.2) is 41.0 Å². The van der Waals surface area contributed by atoms with Gasteiger partial charge in [-0.3, -0.25) is 0 Å². The van der Waals surface area contributed by atoms with Gasteiger partial charge >= 0.3 is 0 Å². The number of nitrogens with zero attached hydrogens (tertiary/aromatic N) is 2. The molecule has 1 atom stereocenters. The Morgan fingerprint density at radius 3 is 3.05 bits per heavy atom. The molecule has 0 N–H and O–H groups in total. The van der Waals surface area contributed by atoms with Crippen LogP contribution in [-0.2, 0) is 11.3 Å². The van der Waals surface area contributed by atoms with Crippen LogP contribution >= 0.6 is 11.6 Å². The molecule has 0 amide bonds. The first-order valence-corrected chi connectivity index (χ1v) is 7.50. The van der Waals surface area contributed by atoms with Crippen LogP contribution in [0.3, 0.4) is 0 Å². The smallest absolute Gasteiger partial charge is 0.177 e. The van der Waals surface area contributed by atoms with E-state index in [1.165, 1.54) is 0 Å². The number of benzene rings is 1. The van der Waals surface area contributed by atoms with Gasteiger partial charge < -0.3 is 13.7 Å². The predicted octanol–water partition coefficient (Wildman–Crippen LogP) is 4.13. The highest BCUT2D eigenvalue weighted by Crippen LogP contribution is 2.28. The molecule has 2 aromatic heterocycles. The summed E-state index contributed by atoms with van der Waals surface area (Å²) in [4.78, 5) is 4.69. The molecule has 1 unspecified atom stereocenters. The van der Waals surface area contributed by atoms with Crippen LogP contribution in [0.5, 0.6) is 0 Å². The molecule has 0 spiro atoms. The second kappa shape index (κ2) is 5.20. The molecular formula is C16H15ClN2O2. The van der Waals surface area contributed by atoms with Crippen molar-refractivity contribution in [1.29, 1.82) is 0 Å². The summed E-state index contributed by atoms with van der Waals surface area (Å²) < 4.78 is 13.5. The Morgan fingerprint density at radius 2 is 2.29 bits per heavy atom. The quantitative estimate of drug-likeness (QED) is 0.730. The summed E-state index contributed by atoms with van der Waals surface area (Å²) in [6.07, 6.45) is 4.12. The number of furan rings is 1. The molecule has 0 radical (unpaired) electrons. The summed E-state index contributed by atoms with van der Waals surface area (Å²) >= 11 is 6.08. The molecule has 0 bridgehead atoms. The van der Waals surface area contributed by atoms with E-state index >= 15 is 0 Å². The molecule has 1 aliphatic heterocycles. The van der Waals surface area contributed by atoms with Crippen molar-refractivity contribution in [2.24, 2.45) is 0 Å². The topological polar surface area (TPSA) is 40.2 Å². The van der Waals surface area contributed by atoms with Crippen molar-refractivity contribution >= 4 is 22.6 Å². The number of hydrogen-bond donors (Lipinski definition) is 0. The average molecular weight is 303 g/mol. The summed E-state index contributed by atoms with van der Waals surface area (Å²) in [6, 6.07) is 9.58. The molecule has 3 heterocycles. The van der Waals surface area contributed by atoms with Crippen LogP contribution in [-0.4, -0.2) is 22.3 Å². The van der Waals surface area contributed by atoms with Crippen LogP contribution in [0, 0.1) is 0 Å². The summed E-state index contributed by atoms with van der Waals surface area (Å²) in [5, 5.41) is 0.690. The lowest BCUT2D eigenvalue weighted by molar-refractivity contribution is 0.0982. The van der Waals surface area contributed by atoms with Crippen LogP contribution < -0.4 is 0 Å². The van der Waals surface area contributed by atoms with Gasteiger partial charge in [-0.1, -0.05) is 11.6 Å².